The highest BCUT2D eigenvalue weighted by atomic mass is 16.6. The SMILES string of the molecule is NCCCCNC[C@H](Cc1ccc2c(c1)OCCO2)N(N)C(=O)CCCCCC(=O)c1ccc(O)cc1. The number of unbranched alkanes of at least 4 members (excludes halogenated alkanes) is 3. The number of nitrogens with zero attached hydrogens (tertiary/aromatic N) is 1. The summed E-state index contributed by atoms with van der Waals surface area (Å²) in [4.78, 5) is 25.2. The van der Waals surface area contributed by atoms with E-state index in [0.717, 1.165) is 42.9 Å². The molecular weight excluding hydrogens is 472 g/mol. The van der Waals surface area contributed by atoms with Crippen molar-refractivity contribution in [3.63, 3.8) is 0 Å². The normalized spacial score (nSPS) is 13.2. The maximum Gasteiger partial charge on any atom is 0.236 e. The number of hydrogen-bond donors (Lipinski definition) is 4. The number of hydrogen-bond acceptors (Lipinski definition) is 8. The maximum absolute atomic E-state index is 12.9. The van der Waals surface area contributed by atoms with Gasteiger partial charge >= 0.3 is 0 Å². The molecule has 0 saturated carbocycles. The van der Waals surface area contributed by atoms with E-state index in [4.69, 9.17) is 21.1 Å². The summed E-state index contributed by atoms with van der Waals surface area (Å²) < 4.78 is 11.3. The van der Waals surface area contributed by atoms with Crippen LogP contribution in [0, 0.1) is 0 Å². The van der Waals surface area contributed by atoms with E-state index < -0.39 is 0 Å². The molecule has 0 unspecified atom stereocenters. The number of nitrogens with one attached hydrogen (secondary N) is 1. The average molecular weight is 513 g/mol. The van der Waals surface area contributed by atoms with E-state index in [1.54, 1.807) is 12.1 Å². The Morgan fingerprint density at radius 3 is 2.43 bits per heavy atom. The van der Waals surface area contributed by atoms with Crippen LogP contribution < -0.4 is 26.4 Å². The van der Waals surface area contributed by atoms with Crippen molar-refractivity contribution in [2.75, 3.05) is 32.8 Å². The molecule has 0 radical (unpaired) electrons. The second-order valence-corrected chi connectivity index (χ2v) is 9.37. The monoisotopic (exact) mass is 512 g/mol. The lowest BCUT2D eigenvalue weighted by Gasteiger charge is -2.29. The summed E-state index contributed by atoms with van der Waals surface area (Å²) in [6.45, 7) is 3.10. The minimum atomic E-state index is -0.219. The molecule has 9 heteroatoms. The predicted octanol–water partition coefficient (Wildman–Crippen LogP) is 2.94. The van der Waals surface area contributed by atoms with Crippen LogP contribution in [-0.4, -0.2) is 60.7 Å². The Morgan fingerprint density at radius 1 is 0.946 bits per heavy atom. The van der Waals surface area contributed by atoms with Gasteiger partial charge in [0.25, 0.3) is 0 Å². The van der Waals surface area contributed by atoms with E-state index in [9.17, 15) is 14.7 Å². The number of fused-ring (bicyclic) bond motifs is 1. The minimum Gasteiger partial charge on any atom is -0.508 e. The Hall–Kier alpha value is -3.14. The van der Waals surface area contributed by atoms with E-state index in [1.165, 1.54) is 17.1 Å². The first-order valence-electron chi connectivity index (χ1n) is 13.2. The van der Waals surface area contributed by atoms with Crippen molar-refractivity contribution in [2.45, 2.75) is 57.4 Å². The number of phenols is 1. The highest BCUT2D eigenvalue weighted by Gasteiger charge is 2.22. The van der Waals surface area contributed by atoms with Crippen LogP contribution in [0.1, 0.15) is 60.9 Å². The Balaban J connectivity index is 1.48. The second-order valence-electron chi connectivity index (χ2n) is 9.37. The third-order valence-corrected chi connectivity index (χ3v) is 6.43. The summed E-state index contributed by atoms with van der Waals surface area (Å²) in [6.07, 6.45) is 5.35. The molecular formula is C28H40N4O5. The van der Waals surface area contributed by atoms with Crippen molar-refractivity contribution >= 4 is 11.7 Å². The van der Waals surface area contributed by atoms with Crippen LogP contribution in [0.3, 0.4) is 0 Å². The van der Waals surface area contributed by atoms with Gasteiger partial charge in [0.05, 0.1) is 6.04 Å². The number of benzene rings is 2. The molecule has 1 amide bonds. The number of phenolic OH excluding ortho intramolecular Hbond substituents is 1. The van der Waals surface area contributed by atoms with E-state index in [2.05, 4.69) is 5.32 Å². The lowest BCUT2D eigenvalue weighted by atomic mass is 10.0. The van der Waals surface area contributed by atoms with Gasteiger partial charge < -0.3 is 25.6 Å². The zero-order valence-corrected chi connectivity index (χ0v) is 21.5. The van der Waals surface area contributed by atoms with E-state index >= 15 is 0 Å². The third kappa shape index (κ3) is 9.35. The molecule has 0 spiro atoms. The number of carbonyl (C=O) groups is 2. The number of rotatable bonds is 16. The molecule has 0 bridgehead atoms. The van der Waals surface area contributed by atoms with Crippen LogP contribution in [0.2, 0.25) is 0 Å². The molecule has 1 atom stereocenters. The first kappa shape index (κ1) is 28.4. The number of hydrazine groups is 1. The predicted molar refractivity (Wildman–Crippen MR) is 143 cm³/mol. The highest BCUT2D eigenvalue weighted by Crippen LogP contribution is 2.31. The van der Waals surface area contributed by atoms with Crippen LogP contribution in [0.15, 0.2) is 42.5 Å². The van der Waals surface area contributed by atoms with Crippen molar-refractivity contribution in [2.24, 2.45) is 11.6 Å². The number of Topliss-reactive ketones (excluding diaryl/α,β-unsaturated/α-hetero) is 1. The molecule has 1 heterocycles. The molecule has 2 aromatic carbocycles. The van der Waals surface area contributed by atoms with Crippen LogP contribution in [0.25, 0.3) is 0 Å². The van der Waals surface area contributed by atoms with Crippen LogP contribution in [0.4, 0.5) is 0 Å². The van der Waals surface area contributed by atoms with Crippen LogP contribution in [-0.2, 0) is 11.2 Å². The summed E-state index contributed by atoms with van der Waals surface area (Å²) in [6, 6.07) is 11.9. The Bertz CT molecular complexity index is 999. The summed E-state index contributed by atoms with van der Waals surface area (Å²) in [5.41, 5.74) is 7.19. The molecule has 2 aromatic rings. The van der Waals surface area contributed by atoms with E-state index in [-0.39, 0.29) is 23.5 Å². The van der Waals surface area contributed by atoms with Gasteiger partial charge in [0.15, 0.2) is 17.3 Å². The zero-order valence-electron chi connectivity index (χ0n) is 21.5. The molecule has 3 rings (SSSR count). The zero-order chi connectivity index (χ0) is 26.5. The molecule has 0 aromatic heterocycles. The Morgan fingerprint density at radius 2 is 1.68 bits per heavy atom. The summed E-state index contributed by atoms with van der Waals surface area (Å²) >= 11 is 0. The second kappa shape index (κ2) is 15.2. The van der Waals surface area contributed by atoms with Crippen molar-refractivity contribution in [1.29, 1.82) is 0 Å². The van der Waals surface area contributed by atoms with Crippen LogP contribution >= 0.6 is 0 Å². The lowest BCUT2D eigenvalue weighted by Crippen LogP contribution is -2.51. The van der Waals surface area contributed by atoms with Gasteiger partial charge in [-0.05, 0) is 87.2 Å². The molecule has 0 aliphatic carbocycles. The van der Waals surface area contributed by atoms with E-state index in [1.807, 2.05) is 18.2 Å². The number of ketones is 1. The number of carbonyl (C=O) groups excluding carboxylic acids is 2. The van der Waals surface area contributed by atoms with Gasteiger partial charge in [0.1, 0.15) is 19.0 Å². The number of ether oxygens (including phenoxy) is 2. The Kier molecular flexibility index (Phi) is 11.7. The number of nitrogens with two attached hydrogens (primary N) is 2. The Labute approximate surface area is 219 Å². The quantitative estimate of drug-likeness (QED) is 0.0885. The first-order chi connectivity index (χ1) is 18.0. The van der Waals surface area contributed by atoms with Gasteiger partial charge in [-0.2, -0.15) is 0 Å². The largest absolute Gasteiger partial charge is 0.508 e. The van der Waals surface area contributed by atoms with Gasteiger partial charge in [-0.15, -0.1) is 0 Å². The topological polar surface area (TPSA) is 140 Å². The van der Waals surface area contributed by atoms with Crippen LogP contribution in [0.5, 0.6) is 17.2 Å². The molecule has 9 nitrogen and oxygen atoms in total. The minimum absolute atomic E-state index is 0.0342. The van der Waals surface area contributed by atoms with Gasteiger partial charge in [-0.1, -0.05) is 12.5 Å². The standard InChI is InChI=1S/C28H40N4O5/c29-14-4-5-15-31-20-23(18-21-8-13-26-27(19-21)37-17-16-36-26)32(30)28(35)7-3-1-2-6-25(34)22-9-11-24(33)12-10-22/h8-13,19,23,31,33H,1-7,14-18,20,29-30H2/t23-/m0/s1. The summed E-state index contributed by atoms with van der Waals surface area (Å²) in [5, 5.41) is 14.1. The molecule has 1 aliphatic rings. The van der Waals surface area contributed by atoms with Crippen molar-refractivity contribution in [3.05, 3.63) is 53.6 Å². The van der Waals surface area contributed by atoms with E-state index in [0.29, 0.717) is 64.0 Å². The first-order valence-corrected chi connectivity index (χ1v) is 13.2. The molecule has 6 N–H and O–H groups in total. The molecule has 0 fully saturated rings. The van der Waals surface area contributed by atoms with Crippen molar-refractivity contribution in [3.8, 4) is 17.2 Å². The number of amides is 1. The molecule has 0 saturated heterocycles. The summed E-state index contributed by atoms with van der Waals surface area (Å²) in [5.74, 6) is 7.84. The third-order valence-electron chi connectivity index (χ3n) is 6.43. The van der Waals surface area contributed by atoms with Crippen molar-refractivity contribution in [1.82, 2.24) is 10.3 Å². The molecule has 202 valence electrons. The summed E-state index contributed by atoms with van der Waals surface area (Å²) in [7, 11) is 0. The van der Waals surface area contributed by atoms with Gasteiger partial charge in [0.2, 0.25) is 5.91 Å². The fourth-order valence-electron chi connectivity index (χ4n) is 4.28. The van der Waals surface area contributed by atoms with Gasteiger partial charge in [-0.3, -0.25) is 14.6 Å². The average Bonchev–Trinajstić information content (AvgIpc) is 2.91. The maximum atomic E-state index is 12.9. The van der Waals surface area contributed by atoms with Crippen molar-refractivity contribution < 1.29 is 24.2 Å². The lowest BCUT2D eigenvalue weighted by molar-refractivity contribution is -0.134. The van der Waals surface area contributed by atoms with Gasteiger partial charge in [0, 0.05) is 24.9 Å². The van der Waals surface area contributed by atoms with Gasteiger partial charge in [-0.25, -0.2) is 5.84 Å². The number of aromatic hydroxyl groups is 1. The highest BCUT2D eigenvalue weighted by molar-refractivity contribution is 5.96. The fraction of sp³-hybridized carbons (Fsp3) is 0.500. The molecule has 37 heavy (non-hydrogen) atoms. The fourth-order valence-corrected chi connectivity index (χ4v) is 4.28. The smallest absolute Gasteiger partial charge is 0.236 e. The molecule has 1 aliphatic heterocycles.